The van der Waals surface area contributed by atoms with E-state index in [4.69, 9.17) is 0 Å². The van der Waals surface area contributed by atoms with Gasteiger partial charge in [0.05, 0.1) is 5.69 Å². The summed E-state index contributed by atoms with van der Waals surface area (Å²) in [6.07, 6.45) is 0. The second-order valence-corrected chi connectivity index (χ2v) is 6.50. The molecule has 0 saturated heterocycles. The first-order valence-electron chi connectivity index (χ1n) is 7.72. The second kappa shape index (κ2) is 7.40. The third-order valence-corrected chi connectivity index (χ3v) is 4.60. The SMILES string of the molecule is Cc1cccc(Nc2nc(C)c(C(=O)NCc3ccccc3F)s2)n1. The van der Waals surface area contributed by atoms with Crippen molar-refractivity contribution in [1.29, 1.82) is 0 Å². The molecule has 0 aliphatic heterocycles. The normalized spacial score (nSPS) is 10.5. The summed E-state index contributed by atoms with van der Waals surface area (Å²) in [5.74, 6) is 0.0623. The van der Waals surface area contributed by atoms with Crippen molar-refractivity contribution in [1.82, 2.24) is 15.3 Å². The third-order valence-electron chi connectivity index (χ3n) is 3.52. The molecule has 0 unspecified atom stereocenters. The number of halogens is 1. The zero-order valence-corrected chi connectivity index (χ0v) is 14.7. The fourth-order valence-corrected chi connectivity index (χ4v) is 3.17. The number of rotatable bonds is 5. The Morgan fingerprint density at radius 3 is 2.68 bits per heavy atom. The predicted octanol–water partition coefficient (Wildman–Crippen LogP) is 3.97. The molecule has 2 aromatic heterocycles. The standard InChI is InChI=1S/C18H17FN4OS/c1-11-6-5-9-15(21-11)23-18-22-12(2)16(25-18)17(24)20-10-13-7-3-4-8-14(13)19/h3-9H,10H2,1-2H3,(H,20,24)(H,21,22,23). The number of carbonyl (C=O) groups is 1. The number of aryl methyl sites for hydroxylation is 2. The Morgan fingerprint density at radius 2 is 1.92 bits per heavy atom. The predicted molar refractivity (Wildman–Crippen MR) is 96.7 cm³/mol. The van der Waals surface area contributed by atoms with Gasteiger partial charge in [-0.15, -0.1) is 0 Å². The van der Waals surface area contributed by atoms with Crippen LogP contribution in [0, 0.1) is 19.7 Å². The highest BCUT2D eigenvalue weighted by Gasteiger charge is 2.16. The molecule has 1 aromatic carbocycles. The van der Waals surface area contributed by atoms with Gasteiger partial charge in [0.1, 0.15) is 16.5 Å². The number of amides is 1. The Labute approximate surface area is 149 Å². The van der Waals surface area contributed by atoms with Crippen molar-refractivity contribution in [3.8, 4) is 0 Å². The van der Waals surface area contributed by atoms with Gasteiger partial charge in [0.15, 0.2) is 5.13 Å². The minimum Gasteiger partial charge on any atom is -0.347 e. The smallest absolute Gasteiger partial charge is 0.263 e. The van der Waals surface area contributed by atoms with E-state index in [9.17, 15) is 9.18 Å². The van der Waals surface area contributed by atoms with Crippen molar-refractivity contribution < 1.29 is 9.18 Å². The van der Waals surface area contributed by atoms with E-state index in [1.165, 1.54) is 17.4 Å². The summed E-state index contributed by atoms with van der Waals surface area (Å²) in [6.45, 7) is 3.80. The Balaban J connectivity index is 1.69. The number of aromatic nitrogens is 2. The summed E-state index contributed by atoms with van der Waals surface area (Å²) in [4.78, 5) is 21.6. The van der Waals surface area contributed by atoms with Gasteiger partial charge >= 0.3 is 0 Å². The van der Waals surface area contributed by atoms with Gasteiger partial charge in [-0.2, -0.15) is 0 Å². The number of nitrogens with zero attached hydrogens (tertiary/aromatic N) is 2. The minimum absolute atomic E-state index is 0.130. The molecule has 0 radical (unpaired) electrons. The fourth-order valence-electron chi connectivity index (χ4n) is 2.28. The second-order valence-electron chi connectivity index (χ2n) is 5.50. The maximum absolute atomic E-state index is 13.6. The van der Waals surface area contributed by atoms with E-state index in [2.05, 4.69) is 20.6 Å². The van der Waals surface area contributed by atoms with E-state index in [0.717, 1.165) is 5.69 Å². The Hall–Kier alpha value is -2.80. The molecule has 0 aliphatic rings. The van der Waals surface area contributed by atoms with E-state index in [-0.39, 0.29) is 18.3 Å². The van der Waals surface area contributed by atoms with Crippen LogP contribution in [0.5, 0.6) is 0 Å². The van der Waals surface area contributed by atoms with E-state index in [0.29, 0.717) is 27.1 Å². The van der Waals surface area contributed by atoms with Crippen LogP contribution in [0.25, 0.3) is 0 Å². The molecule has 0 aliphatic carbocycles. The fraction of sp³-hybridized carbons (Fsp3) is 0.167. The number of benzene rings is 1. The molecule has 7 heteroatoms. The Bertz CT molecular complexity index is 910. The quantitative estimate of drug-likeness (QED) is 0.726. The van der Waals surface area contributed by atoms with Gasteiger partial charge in [-0.05, 0) is 32.0 Å². The summed E-state index contributed by atoms with van der Waals surface area (Å²) in [5.41, 5.74) is 1.95. The van der Waals surface area contributed by atoms with Crippen LogP contribution >= 0.6 is 11.3 Å². The average molecular weight is 356 g/mol. The highest BCUT2D eigenvalue weighted by atomic mass is 32.1. The van der Waals surface area contributed by atoms with Crippen LogP contribution in [0.2, 0.25) is 0 Å². The Kier molecular flexibility index (Phi) is 5.04. The maximum Gasteiger partial charge on any atom is 0.263 e. The van der Waals surface area contributed by atoms with Crippen LogP contribution in [0.1, 0.15) is 26.6 Å². The summed E-state index contributed by atoms with van der Waals surface area (Å²) in [6, 6.07) is 12.0. The van der Waals surface area contributed by atoms with Gasteiger partial charge in [0.25, 0.3) is 5.91 Å². The summed E-state index contributed by atoms with van der Waals surface area (Å²) in [7, 11) is 0. The molecule has 5 nitrogen and oxygen atoms in total. The molecule has 0 bridgehead atoms. The molecule has 2 heterocycles. The van der Waals surface area contributed by atoms with Crippen LogP contribution in [0.15, 0.2) is 42.5 Å². The lowest BCUT2D eigenvalue weighted by Crippen LogP contribution is -2.23. The molecule has 0 atom stereocenters. The lowest BCUT2D eigenvalue weighted by molar-refractivity contribution is 0.0954. The van der Waals surface area contributed by atoms with Gasteiger partial charge < -0.3 is 10.6 Å². The molecule has 3 rings (SSSR count). The zero-order chi connectivity index (χ0) is 17.8. The molecule has 0 fully saturated rings. The van der Waals surface area contributed by atoms with Crippen LogP contribution in [0.3, 0.4) is 0 Å². The molecule has 3 aromatic rings. The van der Waals surface area contributed by atoms with Crippen molar-refractivity contribution in [2.75, 3.05) is 5.32 Å². The first-order chi connectivity index (χ1) is 12.0. The van der Waals surface area contributed by atoms with Gasteiger partial charge in [-0.25, -0.2) is 14.4 Å². The van der Waals surface area contributed by atoms with Crippen LogP contribution in [-0.2, 0) is 6.54 Å². The number of pyridine rings is 1. The minimum atomic E-state index is -0.336. The lowest BCUT2D eigenvalue weighted by atomic mass is 10.2. The number of thiazole rings is 1. The van der Waals surface area contributed by atoms with Crippen molar-refractivity contribution in [2.24, 2.45) is 0 Å². The van der Waals surface area contributed by atoms with Crippen LogP contribution in [-0.4, -0.2) is 15.9 Å². The summed E-state index contributed by atoms with van der Waals surface area (Å²) in [5, 5.41) is 6.42. The number of hydrogen-bond acceptors (Lipinski definition) is 5. The first-order valence-corrected chi connectivity index (χ1v) is 8.54. The van der Waals surface area contributed by atoms with Crippen LogP contribution in [0.4, 0.5) is 15.3 Å². The molecular weight excluding hydrogens is 339 g/mol. The molecule has 128 valence electrons. The van der Waals surface area contributed by atoms with Crippen LogP contribution < -0.4 is 10.6 Å². The molecule has 25 heavy (non-hydrogen) atoms. The highest BCUT2D eigenvalue weighted by molar-refractivity contribution is 7.17. The summed E-state index contributed by atoms with van der Waals surface area (Å²) < 4.78 is 13.6. The van der Waals surface area contributed by atoms with Gasteiger partial charge in [0, 0.05) is 17.8 Å². The summed E-state index contributed by atoms with van der Waals surface area (Å²) >= 11 is 1.24. The topological polar surface area (TPSA) is 66.9 Å². The molecule has 0 spiro atoms. The average Bonchev–Trinajstić information content (AvgIpc) is 2.94. The Morgan fingerprint density at radius 1 is 1.12 bits per heavy atom. The maximum atomic E-state index is 13.6. The highest BCUT2D eigenvalue weighted by Crippen LogP contribution is 2.25. The first kappa shape index (κ1) is 17.0. The molecular formula is C18H17FN4OS. The lowest BCUT2D eigenvalue weighted by Gasteiger charge is -2.05. The van der Waals surface area contributed by atoms with Crippen molar-refractivity contribution in [2.45, 2.75) is 20.4 Å². The van der Waals surface area contributed by atoms with Gasteiger partial charge in [-0.3, -0.25) is 4.79 Å². The van der Waals surface area contributed by atoms with E-state index in [1.807, 2.05) is 25.1 Å². The number of carbonyl (C=O) groups excluding carboxylic acids is 1. The van der Waals surface area contributed by atoms with Crippen molar-refractivity contribution in [3.63, 3.8) is 0 Å². The van der Waals surface area contributed by atoms with E-state index < -0.39 is 0 Å². The number of hydrogen-bond donors (Lipinski definition) is 2. The molecule has 2 N–H and O–H groups in total. The third kappa shape index (κ3) is 4.19. The molecule has 0 saturated carbocycles. The van der Waals surface area contributed by atoms with Crippen molar-refractivity contribution in [3.05, 3.63) is 70.1 Å². The largest absolute Gasteiger partial charge is 0.347 e. The van der Waals surface area contributed by atoms with Gasteiger partial charge in [0.2, 0.25) is 0 Å². The monoisotopic (exact) mass is 356 g/mol. The molecule has 1 amide bonds. The number of nitrogens with one attached hydrogen (secondary N) is 2. The number of anilines is 2. The zero-order valence-electron chi connectivity index (χ0n) is 13.8. The van der Waals surface area contributed by atoms with Gasteiger partial charge in [-0.1, -0.05) is 35.6 Å². The van der Waals surface area contributed by atoms with Crippen molar-refractivity contribution >= 4 is 28.2 Å². The van der Waals surface area contributed by atoms with E-state index in [1.54, 1.807) is 25.1 Å². The van der Waals surface area contributed by atoms with E-state index >= 15 is 0 Å².